The molecule has 2 aromatic rings. The molecule has 0 aliphatic rings. The summed E-state index contributed by atoms with van der Waals surface area (Å²) >= 11 is 1.90. The fourth-order valence-corrected chi connectivity index (χ4v) is 2.85. The fraction of sp³-hybridized carbons (Fsp3) is 0.316. The number of hydrogen-bond acceptors (Lipinski definition) is 5. The highest BCUT2D eigenvalue weighted by atomic mass is 32.2. The van der Waals surface area contributed by atoms with Crippen LogP contribution in [-0.2, 0) is 37.8 Å². The van der Waals surface area contributed by atoms with Crippen molar-refractivity contribution >= 4 is 27.8 Å². The summed E-state index contributed by atoms with van der Waals surface area (Å²) in [5.74, 6) is 1.77. The van der Waals surface area contributed by atoms with Gasteiger partial charge in [-0.3, -0.25) is 9.35 Å². The molecule has 0 unspecified atom stereocenters. The summed E-state index contributed by atoms with van der Waals surface area (Å²) in [5.41, 5.74) is -0.562. The molecule has 0 amide bonds. The van der Waals surface area contributed by atoms with E-state index in [0.717, 1.165) is 17.1 Å². The molecular formula is C19H21F3O5S2. The highest BCUT2D eigenvalue weighted by molar-refractivity contribution is 7.97. The smallest absolute Gasteiger partial charge is 0.461 e. The quantitative estimate of drug-likeness (QED) is 0.384. The van der Waals surface area contributed by atoms with Crippen molar-refractivity contribution in [3.8, 4) is 0 Å². The van der Waals surface area contributed by atoms with Gasteiger partial charge in [-0.25, -0.2) is 0 Å². The molecule has 5 nitrogen and oxygen atoms in total. The molecule has 0 aliphatic carbocycles. The molecule has 0 saturated carbocycles. The van der Waals surface area contributed by atoms with Gasteiger partial charge in [-0.15, -0.1) is 0 Å². The second-order valence-electron chi connectivity index (χ2n) is 6.00. The van der Waals surface area contributed by atoms with Gasteiger partial charge in [0.05, 0.1) is 0 Å². The van der Waals surface area contributed by atoms with Crippen LogP contribution in [0.25, 0.3) is 0 Å². The molecule has 29 heavy (non-hydrogen) atoms. The summed E-state index contributed by atoms with van der Waals surface area (Å²) in [6, 6.07) is 16.9. The average Bonchev–Trinajstić information content (AvgIpc) is 2.61. The molecular weight excluding hydrogens is 429 g/mol. The largest absolute Gasteiger partial charge is 0.522 e. The SMILES string of the molecule is CC(=O)OCc1ccc(CSCc2ccc(C)cc2)cc1.O=S(=O)(O)C(F)(F)F. The Morgan fingerprint density at radius 2 is 1.34 bits per heavy atom. The molecule has 0 fully saturated rings. The van der Waals surface area contributed by atoms with E-state index in [1.807, 2.05) is 23.9 Å². The third kappa shape index (κ3) is 10.3. The van der Waals surface area contributed by atoms with Gasteiger partial charge in [-0.1, -0.05) is 54.1 Å². The van der Waals surface area contributed by atoms with E-state index < -0.39 is 15.6 Å². The van der Waals surface area contributed by atoms with E-state index in [1.54, 1.807) is 0 Å². The number of esters is 1. The van der Waals surface area contributed by atoms with Crippen LogP contribution < -0.4 is 0 Å². The Balaban J connectivity index is 0.000000447. The predicted molar refractivity (Wildman–Crippen MR) is 106 cm³/mol. The molecule has 0 heterocycles. The lowest BCUT2D eigenvalue weighted by Crippen LogP contribution is -2.21. The van der Waals surface area contributed by atoms with E-state index in [2.05, 4.69) is 43.3 Å². The van der Waals surface area contributed by atoms with Gasteiger partial charge < -0.3 is 4.74 Å². The Kier molecular flexibility index (Phi) is 9.67. The number of halogens is 3. The summed E-state index contributed by atoms with van der Waals surface area (Å²) in [6.45, 7) is 3.89. The maximum absolute atomic E-state index is 10.8. The van der Waals surface area contributed by atoms with Crippen LogP contribution in [0.5, 0.6) is 0 Å². The first-order valence-electron chi connectivity index (χ1n) is 8.26. The van der Waals surface area contributed by atoms with Gasteiger partial charge in [-0.2, -0.15) is 33.4 Å². The van der Waals surface area contributed by atoms with Crippen LogP contribution in [0.3, 0.4) is 0 Å². The summed E-state index contributed by atoms with van der Waals surface area (Å²) in [6.07, 6.45) is 0. The van der Waals surface area contributed by atoms with Crippen LogP contribution in [-0.4, -0.2) is 24.4 Å². The summed E-state index contributed by atoms with van der Waals surface area (Å²) in [4.78, 5) is 10.8. The zero-order valence-corrected chi connectivity index (χ0v) is 17.4. The van der Waals surface area contributed by atoms with E-state index >= 15 is 0 Å². The normalized spacial score (nSPS) is 11.4. The minimum absolute atomic E-state index is 0.243. The number of thioether (sulfide) groups is 1. The summed E-state index contributed by atoms with van der Waals surface area (Å²) in [5, 5.41) is 0. The van der Waals surface area contributed by atoms with Crippen LogP contribution in [0.1, 0.15) is 29.2 Å². The number of benzene rings is 2. The van der Waals surface area contributed by atoms with E-state index in [9.17, 15) is 18.0 Å². The number of rotatable bonds is 6. The Morgan fingerprint density at radius 1 is 0.966 bits per heavy atom. The molecule has 0 saturated heterocycles. The average molecular weight is 451 g/mol. The Morgan fingerprint density at radius 3 is 1.72 bits per heavy atom. The van der Waals surface area contributed by atoms with Crippen LogP contribution >= 0.6 is 11.8 Å². The maximum atomic E-state index is 10.8. The second-order valence-corrected chi connectivity index (χ2v) is 8.39. The third-order valence-electron chi connectivity index (χ3n) is 3.42. The second kappa shape index (κ2) is 11.2. The number of carbonyl (C=O) groups excluding carboxylic acids is 1. The van der Waals surface area contributed by atoms with Crippen molar-refractivity contribution in [3.63, 3.8) is 0 Å². The first-order valence-corrected chi connectivity index (χ1v) is 10.9. The number of hydrogen-bond donors (Lipinski definition) is 1. The van der Waals surface area contributed by atoms with Crippen molar-refractivity contribution in [3.05, 3.63) is 70.8 Å². The van der Waals surface area contributed by atoms with Gasteiger partial charge in [0.2, 0.25) is 0 Å². The summed E-state index contributed by atoms with van der Waals surface area (Å²) < 4.78 is 62.5. The van der Waals surface area contributed by atoms with E-state index in [4.69, 9.17) is 17.7 Å². The van der Waals surface area contributed by atoms with E-state index in [-0.39, 0.29) is 5.97 Å². The minimum atomic E-state index is -5.84. The first kappa shape index (κ1) is 25.0. The zero-order chi connectivity index (χ0) is 22.1. The number of ether oxygens (including phenoxy) is 1. The molecule has 0 radical (unpaired) electrons. The van der Waals surface area contributed by atoms with Crippen molar-refractivity contribution in [2.45, 2.75) is 37.5 Å². The fourth-order valence-electron chi connectivity index (χ4n) is 1.89. The predicted octanol–water partition coefficient (Wildman–Crippen LogP) is 4.89. The molecule has 0 aliphatic heterocycles. The van der Waals surface area contributed by atoms with Crippen LogP contribution in [0, 0.1) is 6.92 Å². The Bertz CT molecular complexity index is 878. The van der Waals surface area contributed by atoms with Crippen molar-refractivity contribution < 1.29 is 35.7 Å². The Hall–Kier alpha value is -2.04. The number of aryl methyl sites for hydroxylation is 1. The minimum Gasteiger partial charge on any atom is -0.461 e. The molecule has 1 N–H and O–H groups in total. The van der Waals surface area contributed by atoms with Gasteiger partial charge in [0, 0.05) is 18.4 Å². The summed E-state index contributed by atoms with van der Waals surface area (Å²) in [7, 11) is -5.84. The monoisotopic (exact) mass is 450 g/mol. The Labute approximate surface area is 172 Å². The maximum Gasteiger partial charge on any atom is 0.522 e. The zero-order valence-electron chi connectivity index (χ0n) is 15.8. The van der Waals surface area contributed by atoms with Crippen LogP contribution in [0.2, 0.25) is 0 Å². The van der Waals surface area contributed by atoms with Crippen molar-refractivity contribution in [1.29, 1.82) is 0 Å². The number of alkyl halides is 3. The molecule has 0 atom stereocenters. The highest BCUT2D eigenvalue weighted by Gasteiger charge is 2.44. The van der Waals surface area contributed by atoms with E-state index in [0.29, 0.717) is 6.61 Å². The van der Waals surface area contributed by atoms with Crippen molar-refractivity contribution in [2.75, 3.05) is 0 Å². The van der Waals surface area contributed by atoms with Crippen molar-refractivity contribution in [2.24, 2.45) is 0 Å². The molecule has 160 valence electrons. The van der Waals surface area contributed by atoms with Crippen molar-refractivity contribution in [1.82, 2.24) is 0 Å². The van der Waals surface area contributed by atoms with Gasteiger partial charge >= 0.3 is 21.6 Å². The van der Waals surface area contributed by atoms with Crippen LogP contribution in [0.4, 0.5) is 13.2 Å². The molecule has 0 bridgehead atoms. The molecule has 10 heteroatoms. The standard InChI is InChI=1S/C18H20O2S.CHF3O3S/c1-14-3-5-17(6-4-14)12-21-13-18-9-7-16(8-10-18)11-20-15(2)19;2-1(3,4)8(5,6)7/h3-10H,11-13H2,1-2H3;(H,5,6,7). The lowest BCUT2D eigenvalue weighted by molar-refractivity contribution is -0.142. The van der Waals surface area contributed by atoms with Gasteiger partial charge in [0.1, 0.15) is 6.61 Å². The third-order valence-corrected chi connectivity index (χ3v) is 5.08. The highest BCUT2D eigenvalue weighted by Crippen LogP contribution is 2.20. The molecule has 0 spiro atoms. The van der Waals surface area contributed by atoms with Gasteiger partial charge in [0.25, 0.3) is 0 Å². The topological polar surface area (TPSA) is 80.7 Å². The molecule has 2 aromatic carbocycles. The van der Waals surface area contributed by atoms with E-state index in [1.165, 1.54) is 23.6 Å². The lowest BCUT2D eigenvalue weighted by Gasteiger charge is -2.05. The molecule has 0 aromatic heterocycles. The number of carbonyl (C=O) groups is 1. The molecule has 2 rings (SSSR count). The first-order chi connectivity index (χ1) is 13.4. The van der Waals surface area contributed by atoms with Gasteiger partial charge in [-0.05, 0) is 23.6 Å². The lowest BCUT2D eigenvalue weighted by atomic mass is 10.2. The van der Waals surface area contributed by atoms with Crippen LogP contribution in [0.15, 0.2) is 48.5 Å². The van der Waals surface area contributed by atoms with Gasteiger partial charge in [0.15, 0.2) is 0 Å².